The molecule has 0 spiro atoms. The summed E-state index contributed by atoms with van der Waals surface area (Å²) in [5.74, 6) is 0.600. The van der Waals surface area contributed by atoms with Gasteiger partial charge in [0.1, 0.15) is 5.65 Å². The van der Waals surface area contributed by atoms with Crippen LogP contribution in [0, 0.1) is 5.92 Å². The van der Waals surface area contributed by atoms with Crippen molar-refractivity contribution in [1.82, 2.24) is 9.97 Å². The molecule has 4 rings (SSSR count). The highest BCUT2D eigenvalue weighted by atomic mass is 14.9. The number of H-pyrrole nitrogens is 1. The molecule has 1 aliphatic carbocycles. The van der Waals surface area contributed by atoms with Gasteiger partial charge in [-0.2, -0.15) is 0 Å². The molecular formula is C26H29N3. The smallest absolute Gasteiger partial charge is 0.137 e. The number of nitrogens with one attached hydrogen (secondary N) is 2. The van der Waals surface area contributed by atoms with Crippen LogP contribution in [0.1, 0.15) is 50.2 Å². The van der Waals surface area contributed by atoms with E-state index in [1.807, 2.05) is 12.4 Å². The van der Waals surface area contributed by atoms with E-state index in [1.165, 1.54) is 32.1 Å². The van der Waals surface area contributed by atoms with Gasteiger partial charge in [-0.1, -0.05) is 50.6 Å². The normalized spacial score (nSPS) is 15.4. The Morgan fingerprint density at radius 1 is 1.07 bits per heavy atom. The van der Waals surface area contributed by atoms with Gasteiger partial charge in [0.2, 0.25) is 0 Å². The predicted octanol–water partition coefficient (Wildman–Crippen LogP) is 7.19. The van der Waals surface area contributed by atoms with Crippen LogP contribution in [0.4, 0.5) is 5.69 Å². The molecular weight excluding hydrogens is 354 g/mol. The number of hydrogen-bond donors (Lipinski definition) is 2. The van der Waals surface area contributed by atoms with Crippen LogP contribution in [-0.4, -0.2) is 9.97 Å². The van der Waals surface area contributed by atoms with Gasteiger partial charge in [-0.05, 0) is 72.2 Å². The molecule has 0 radical (unpaired) electrons. The van der Waals surface area contributed by atoms with Gasteiger partial charge < -0.3 is 10.3 Å². The zero-order valence-corrected chi connectivity index (χ0v) is 17.2. The molecule has 1 aliphatic rings. The largest absolute Gasteiger partial charge is 0.359 e. The average Bonchev–Trinajstić information content (AvgIpc) is 3.25. The van der Waals surface area contributed by atoms with Gasteiger partial charge in [-0.15, -0.1) is 0 Å². The zero-order chi connectivity index (χ0) is 20.2. The summed E-state index contributed by atoms with van der Waals surface area (Å²) in [7, 11) is 0. The quantitative estimate of drug-likeness (QED) is 0.442. The van der Waals surface area contributed by atoms with E-state index in [-0.39, 0.29) is 0 Å². The van der Waals surface area contributed by atoms with Crippen LogP contribution in [0.3, 0.4) is 0 Å². The third-order valence-corrected chi connectivity index (χ3v) is 6.00. The lowest BCUT2D eigenvalue weighted by atomic mass is 9.87. The molecule has 1 fully saturated rings. The van der Waals surface area contributed by atoms with Crippen molar-refractivity contribution in [2.24, 2.45) is 5.92 Å². The number of pyridine rings is 1. The van der Waals surface area contributed by atoms with Crippen molar-refractivity contribution < 1.29 is 0 Å². The Labute approximate surface area is 173 Å². The number of anilines is 1. The molecule has 3 heteroatoms. The fraction of sp³-hybridized carbons (Fsp3) is 0.269. The number of allylic oxidation sites excluding steroid dienone is 4. The number of aromatic amines is 1. The number of hydrogen-bond acceptors (Lipinski definition) is 2. The minimum absolute atomic E-state index is 0.600. The first-order valence-corrected chi connectivity index (χ1v) is 10.5. The molecule has 0 atom stereocenters. The molecule has 1 saturated carbocycles. The number of aromatic nitrogens is 2. The first kappa shape index (κ1) is 19.3. The lowest BCUT2D eigenvalue weighted by Gasteiger charge is -2.24. The highest BCUT2D eigenvalue weighted by Gasteiger charge is 2.17. The lowest BCUT2D eigenvalue weighted by Crippen LogP contribution is -2.14. The number of rotatable bonds is 6. The van der Waals surface area contributed by atoms with Crippen LogP contribution in [0.15, 0.2) is 73.7 Å². The summed E-state index contributed by atoms with van der Waals surface area (Å²) in [6.45, 7) is 10.7. The second-order valence-electron chi connectivity index (χ2n) is 7.84. The van der Waals surface area contributed by atoms with Crippen LogP contribution in [-0.2, 0) is 0 Å². The second-order valence-corrected chi connectivity index (χ2v) is 7.84. The number of nitrogens with zero attached hydrogens (tertiary/aromatic N) is 1. The minimum Gasteiger partial charge on any atom is -0.359 e. The Balaban J connectivity index is 1.51. The zero-order valence-electron chi connectivity index (χ0n) is 17.2. The molecule has 0 saturated heterocycles. The monoisotopic (exact) mass is 383 g/mol. The summed E-state index contributed by atoms with van der Waals surface area (Å²) < 4.78 is 0. The molecule has 2 heterocycles. The molecule has 2 aromatic heterocycles. The van der Waals surface area contributed by atoms with E-state index in [0.29, 0.717) is 5.92 Å². The molecule has 3 nitrogen and oxygen atoms in total. The summed E-state index contributed by atoms with van der Waals surface area (Å²) in [5.41, 5.74) is 7.55. The summed E-state index contributed by atoms with van der Waals surface area (Å²) in [4.78, 5) is 7.58. The summed E-state index contributed by atoms with van der Waals surface area (Å²) >= 11 is 0. The first-order valence-electron chi connectivity index (χ1n) is 10.5. The van der Waals surface area contributed by atoms with Crippen molar-refractivity contribution in [3.05, 3.63) is 84.8 Å². The predicted molar refractivity (Wildman–Crippen MR) is 125 cm³/mol. The maximum atomic E-state index is 4.40. The van der Waals surface area contributed by atoms with Gasteiger partial charge in [0.25, 0.3) is 0 Å². The van der Waals surface area contributed by atoms with Gasteiger partial charge in [-0.3, -0.25) is 0 Å². The maximum Gasteiger partial charge on any atom is 0.137 e. The molecule has 0 bridgehead atoms. The third-order valence-electron chi connectivity index (χ3n) is 6.00. The fourth-order valence-electron chi connectivity index (χ4n) is 4.34. The van der Waals surface area contributed by atoms with Crippen molar-refractivity contribution in [1.29, 1.82) is 0 Å². The van der Waals surface area contributed by atoms with Crippen molar-refractivity contribution >= 4 is 27.9 Å². The van der Waals surface area contributed by atoms with Crippen molar-refractivity contribution in [3.8, 4) is 0 Å². The van der Waals surface area contributed by atoms with Crippen LogP contribution < -0.4 is 5.32 Å². The van der Waals surface area contributed by atoms with Gasteiger partial charge in [-0.25, -0.2) is 4.98 Å². The van der Waals surface area contributed by atoms with Gasteiger partial charge in [0.05, 0.1) is 0 Å². The molecule has 0 unspecified atom stereocenters. The van der Waals surface area contributed by atoms with Crippen LogP contribution in [0.5, 0.6) is 0 Å². The Bertz CT molecular complexity index is 1050. The third kappa shape index (κ3) is 4.04. The van der Waals surface area contributed by atoms with Gasteiger partial charge >= 0.3 is 0 Å². The van der Waals surface area contributed by atoms with E-state index in [2.05, 4.69) is 77.8 Å². The number of fused-ring (bicyclic) bond motifs is 1. The topological polar surface area (TPSA) is 40.7 Å². The molecule has 2 N–H and O–H groups in total. The Morgan fingerprint density at radius 2 is 1.83 bits per heavy atom. The second kappa shape index (κ2) is 8.52. The van der Waals surface area contributed by atoms with E-state index in [9.17, 15) is 0 Å². The molecule has 1 aromatic carbocycles. The Kier molecular flexibility index (Phi) is 5.66. The van der Waals surface area contributed by atoms with Crippen LogP contribution in [0.2, 0.25) is 0 Å². The number of benzene rings is 1. The van der Waals surface area contributed by atoms with E-state index in [0.717, 1.165) is 44.7 Å². The molecule has 3 aromatic rings. The summed E-state index contributed by atoms with van der Waals surface area (Å²) in [5, 5.41) is 4.64. The summed E-state index contributed by atoms with van der Waals surface area (Å²) in [6.07, 6.45) is 12.4. The first-order chi connectivity index (χ1) is 14.2. The van der Waals surface area contributed by atoms with Crippen molar-refractivity contribution in [2.45, 2.75) is 39.0 Å². The lowest BCUT2D eigenvalue weighted by molar-refractivity contribution is 0.405. The van der Waals surface area contributed by atoms with E-state index >= 15 is 0 Å². The minimum atomic E-state index is 0.600. The maximum absolute atomic E-state index is 4.40. The van der Waals surface area contributed by atoms with Gasteiger partial charge in [0.15, 0.2) is 0 Å². The Hall–Kier alpha value is -3.07. The summed E-state index contributed by atoms with van der Waals surface area (Å²) in [6, 6.07) is 12.6. The molecule has 29 heavy (non-hydrogen) atoms. The standard InChI is InChI=1S/C26H29N3/c1-4-23(24-14-16-27-26-25(24)15-17-28-26)18(2)20-10-12-22(13-11-20)29-19(3)21-8-6-5-7-9-21/h4,10-17,21,29H,2-3,5-9H2,1H3,(H,27,28)/b23-4+. The molecule has 0 amide bonds. The van der Waals surface area contributed by atoms with Crippen LogP contribution >= 0.6 is 0 Å². The van der Waals surface area contributed by atoms with Crippen molar-refractivity contribution in [2.75, 3.05) is 5.32 Å². The average molecular weight is 384 g/mol. The fourth-order valence-corrected chi connectivity index (χ4v) is 4.34. The van der Waals surface area contributed by atoms with Gasteiger partial charge in [0, 0.05) is 29.2 Å². The molecule has 148 valence electrons. The molecule has 0 aliphatic heterocycles. The Morgan fingerprint density at radius 3 is 2.55 bits per heavy atom. The van der Waals surface area contributed by atoms with E-state index in [4.69, 9.17) is 0 Å². The highest BCUT2D eigenvalue weighted by molar-refractivity contribution is 6.09. The van der Waals surface area contributed by atoms with Crippen molar-refractivity contribution in [3.63, 3.8) is 0 Å². The highest BCUT2D eigenvalue weighted by Crippen LogP contribution is 2.34. The van der Waals surface area contributed by atoms with E-state index in [1.54, 1.807) is 0 Å². The van der Waals surface area contributed by atoms with E-state index < -0.39 is 0 Å². The SMILES string of the molecule is C=C(/C(=C\C)c1ccnc2[nH]ccc12)c1ccc(NC(=C)C2CCCCC2)cc1. The van der Waals surface area contributed by atoms with Crippen LogP contribution in [0.25, 0.3) is 22.2 Å².